The van der Waals surface area contributed by atoms with Gasteiger partial charge in [0.05, 0.1) is 13.1 Å². The maximum atomic E-state index is 11.2. The van der Waals surface area contributed by atoms with E-state index < -0.39 is 6.67 Å². The largest absolute Gasteiger partial charge is 0.359 e. The minimum Gasteiger partial charge on any atom is -0.359 e. The highest BCUT2D eigenvalue weighted by Gasteiger charge is 1.92. The minimum absolute atomic E-state index is 0. The Labute approximate surface area is 53.9 Å². The van der Waals surface area contributed by atoms with Crippen LogP contribution < -0.4 is 5.32 Å². The van der Waals surface area contributed by atoms with Gasteiger partial charge < -0.3 is 5.32 Å². The first-order valence-electron chi connectivity index (χ1n) is 2.07. The third kappa shape index (κ3) is 5.69. The van der Waals surface area contributed by atoms with Crippen LogP contribution in [0.2, 0.25) is 0 Å². The lowest BCUT2D eigenvalue weighted by Crippen LogP contribution is -2.17. The summed E-state index contributed by atoms with van der Waals surface area (Å²) in [6, 6.07) is 0. The Balaban J connectivity index is 0. The maximum Gasteiger partial charge on any atom is 0.222 e. The van der Waals surface area contributed by atoms with Gasteiger partial charge >= 0.3 is 0 Å². The van der Waals surface area contributed by atoms with Crippen LogP contribution in [0.5, 0.6) is 0 Å². The maximum absolute atomic E-state index is 11.2. The minimum atomic E-state index is -0.570. The van der Waals surface area contributed by atoms with Gasteiger partial charge in [-0.2, -0.15) is 0 Å². The van der Waals surface area contributed by atoms with Crippen LogP contribution in [-0.2, 0) is 4.79 Å². The van der Waals surface area contributed by atoms with Gasteiger partial charge in [0.1, 0.15) is 0 Å². The molecule has 2 nitrogen and oxygen atoms in total. The molecular weight excluding hydrogens is 133 g/mol. The molecule has 1 amide bonds. The lowest BCUT2D eigenvalue weighted by molar-refractivity contribution is -0.120. The molecule has 4 heteroatoms. The lowest BCUT2D eigenvalue weighted by atomic mass is 10.4. The fourth-order valence-corrected chi connectivity index (χ4v) is 0.211. The summed E-state index contributed by atoms with van der Waals surface area (Å²) in [6.07, 6.45) is -0.0174. The summed E-state index contributed by atoms with van der Waals surface area (Å²) in [4.78, 5) is 10.1. The first kappa shape index (κ1) is 10.6. The third-order valence-electron chi connectivity index (χ3n) is 0.600. The standard InChI is InChI=1S/C4H8FNO.ClH/c1-6-4(7)2-3-5;/h2-3H2,1H3,(H,6,7);1H. The van der Waals surface area contributed by atoms with Crippen molar-refractivity contribution in [1.82, 2.24) is 5.32 Å². The first-order valence-corrected chi connectivity index (χ1v) is 2.07. The Bertz CT molecular complexity index is 69.1. The van der Waals surface area contributed by atoms with Crippen molar-refractivity contribution in [2.24, 2.45) is 0 Å². The number of carbonyl (C=O) groups excluding carboxylic acids is 1. The highest BCUT2D eigenvalue weighted by Crippen LogP contribution is 1.76. The number of hydrogen-bond donors (Lipinski definition) is 1. The van der Waals surface area contributed by atoms with Crippen molar-refractivity contribution in [2.45, 2.75) is 6.42 Å². The van der Waals surface area contributed by atoms with Crippen LogP contribution in [0, 0.1) is 0 Å². The van der Waals surface area contributed by atoms with Gasteiger partial charge in [-0.3, -0.25) is 9.18 Å². The summed E-state index contributed by atoms with van der Waals surface area (Å²) in [5.74, 6) is -0.248. The van der Waals surface area contributed by atoms with Gasteiger partial charge in [0.2, 0.25) is 5.91 Å². The second-order valence-corrected chi connectivity index (χ2v) is 1.11. The van der Waals surface area contributed by atoms with E-state index in [1.807, 2.05) is 0 Å². The van der Waals surface area contributed by atoms with Crippen molar-refractivity contribution in [2.75, 3.05) is 13.7 Å². The molecule has 8 heavy (non-hydrogen) atoms. The molecule has 0 spiro atoms. The molecular formula is C4H9ClFNO. The molecule has 0 heterocycles. The number of nitrogens with one attached hydrogen (secondary N) is 1. The summed E-state index contributed by atoms with van der Waals surface area (Å²) in [5, 5.41) is 2.29. The Morgan fingerprint density at radius 2 is 2.25 bits per heavy atom. The van der Waals surface area contributed by atoms with Gasteiger partial charge in [-0.15, -0.1) is 12.4 Å². The second kappa shape index (κ2) is 6.69. The average Bonchev–Trinajstić information content (AvgIpc) is 1.68. The number of carbonyl (C=O) groups is 1. The Hall–Kier alpha value is -0.310. The summed E-state index contributed by atoms with van der Waals surface area (Å²) in [7, 11) is 1.48. The van der Waals surface area contributed by atoms with E-state index in [2.05, 4.69) is 5.32 Å². The molecule has 0 radical (unpaired) electrons. The highest BCUT2D eigenvalue weighted by molar-refractivity contribution is 5.85. The van der Waals surface area contributed by atoms with Crippen LogP contribution in [0.3, 0.4) is 0 Å². The van der Waals surface area contributed by atoms with Crippen molar-refractivity contribution in [3.05, 3.63) is 0 Å². The van der Waals surface area contributed by atoms with Crippen molar-refractivity contribution >= 4 is 18.3 Å². The summed E-state index contributed by atoms with van der Waals surface area (Å²) in [5.41, 5.74) is 0. The number of hydrogen-bond acceptors (Lipinski definition) is 1. The molecule has 0 aliphatic carbocycles. The quantitative estimate of drug-likeness (QED) is 0.597. The fraction of sp³-hybridized carbons (Fsp3) is 0.750. The normalized spacial score (nSPS) is 7.25. The van der Waals surface area contributed by atoms with Crippen molar-refractivity contribution in [1.29, 1.82) is 0 Å². The van der Waals surface area contributed by atoms with Gasteiger partial charge in [-0.1, -0.05) is 0 Å². The van der Waals surface area contributed by atoms with Crippen LogP contribution in [0.15, 0.2) is 0 Å². The van der Waals surface area contributed by atoms with E-state index in [0.29, 0.717) is 0 Å². The van der Waals surface area contributed by atoms with Crippen LogP contribution in [0.4, 0.5) is 4.39 Å². The molecule has 0 aliphatic heterocycles. The molecule has 0 aromatic carbocycles. The zero-order valence-corrected chi connectivity index (χ0v) is 5.43. The third-order valence-corrected chi connectivity index (χ3v) is 0.600. The molecule has 0 bridgehead atoms. The van der Waals surface area contributed by atoms with Gasteiger partial charge in [-0.05, 0) is 0 Å². The van der Waals surface area contributed by atoms with E-state index in [-0.39, 0.29) is 24.7 Å². The van der Waals surface area contributed by atoms with Crippen molar-refractivity contribution in [3.8, 4) is 0 Å². The number of halogens is 2. The van der Waals surface area contributed by atoms with Crippen LogP contribution in [0.1, 0.15) is 6.42 Å². The number of alkyl halides is 1. The highest BCUT2D eigenvalue weighted by atomic mass is 35.5. The summed E-state index contributed by atoms with van der Waals surface area (Å²) in [6.45, 7) is -0.570. The monoisotopic (exact) mass is 141 g/mol. The van der Waals surface area contributed by atoms with Gasteiger partial charge in [0.25, 0.3) is 0 Å². The summed E-state index contributed by atoms with van der Waals surface area (Å²) < 4.78 is 11.2. The molecule has 0 aromatic rings. The van der Waals surface area contributed by atoms with Crippen LogP contribution in [-0.4, -0.2) is 19.6 Å². The molecule has 0 aliphatic rings. The molecule has 0 unspecified atom stereocenters. The van der Waals surface area contributed by atoms with Crippen LogP contribution in [0.25, 0.3) is 0 Å². The first-order chi connectivity index (χ1) is 3.31. The number of rotatable bonds is 2. The molecule has 50 valence electrons. The molecule has 0 saturated carbocycles. The van der Waals surface area contributed by atoms with Crippen LogP contribution >= 0.6 is 12.4 Å². The molecule has 0 saturated heterocycles. The van der Waals surface area contributed by atoms with E-state index in [1.54, 1.807) is 0 Å². The molecule has 0 atom stereocenters. The van der Waals surface area contributed by atoms with E-state index in [4.69, 9.17) is 0 Å². The Morgan fingerprint density at radius 3 is 2.38 bits per heavy atom. The SMILES string of the molecule is CNC(=O)CCF.Cl. The smallest absolute Gasteiger partial charge is 0.222 e. The second-order valence-electron chi connectivity index (χ2n) is 1.11. The van der Waals surface area contributed by atoms with E-state index >= 15 is 0 Å². The summed E-state index contributed by atoms with van der Waals surface area (Å²) >= 11 is 0. The van der Waals surface area contributed by atoms with Crippen molar-refractivity contribution in [3.63, 3.8) is 0 Å². The number of amides is 1. The van der Waals surface area contributed by atoms with E-state index in [9.17, 15) is 9.18 Å². The predicted molar refractivity (Wildman–Crippen MR) is 31.9 cm³/mol. The van der Waals surface area contributed by atoms with E-state index in [0.717, 1.165) is 0 Å². The zero-order chi connectivity index (χ0) is 5.70. The molecule has 0 aromatic heterocycles. The van der Waals surface area contributed by atoms with Gasteiger partial charge in [-0.25, -0.2) is 0 Å². The van der Waals surface area contributed by atoms with Crippen molar-refractivity contribution < 1.29 is 9.18 Å². The molecule has 1 N–H and O–H groups in total. The topological polar surface area (TPSA) is 29.1 Å². The fourth-order valence-electron chi connectivity index (χ4n) is 0.211. The van der Waals surface area contributed by atoms with Gasteiger partial charge in [0.15, 0.2) is 0 Å². The molecule has 0 fully saturated rings. The molecule has 0 rings (SSSR count). The van der Waals surface area contributed by atoms with E-state index in [1.165, 1.54) is 7.05 Å². The van der Waals surface area contributed by atoms with Gasteiger partial charge in [0, 0.05) is 7.05 Å². The average molecular weight is 142 g/mol. The Kier molecular flexibility index (Phi) is 8.89. The lowest BCUT2D eigenvalue weighted by Gasteiger charge is -1.89. The zero-order valence-electron chi connectivity index (χ0n) is 4.61. The predicted octanol–water partition coefficient (Wildman–Crippen LogP) is 0.514. The Morgan fingerprint density at radius 1 is 1.75 bits per heavy atom.